The number of amides is 2. The van der Waals surface area contributed by atoms with Gasteiger partial charge in [0.25, 0.3) is 5.91 Å². The molecule has 9 heteroatoms. The molecule has 1 aliphatic rings. The van der Waals surface area contributed by atoms with Crippen molar-refractivity contribution in [2.75, 3.05) is 13.1 Å². The second-order valence-corrected chi connectivity index (χ2v) is 6.03. The lowest BCUT2D eigenvalue weighted by Crippen LogP contribution is -2.52. The first-order valence-corrected chi connectivity index (χ1v) is 7.76. The van der Waals surface area contributed by atoms with Crippen LogP contribution in [-0.4, -0.2) is 50.7 Å². The summed E-state index contributed by atoms with van der Waals surface area (Å²) in [6, 6.07) is 4.13. The molecular weight excluding hydrogens is 320 g/mol. The van der Waals surface area contributed by atoms with Crippen molar-refractivity contribution >= 4 is 29.1 Å². The number of carbonyl (C=O) groups is 3. The number of carbonyl (C=O) groups excluding carboxylic acids is 2. The SMILES string of the molecule is Cn1nc(C(=O)O)cc1C(=O)N1CCNC(=O)C1c1cccs1. The maximum Gasteiger partial charge on any atom is 0.356 e. The first kappa shape index (κ1) is 15.2. The average molecular weight is 334 g/mol. The Morgan fingerprint density at radius 2 is 2.26 bits per heavy atom. The Kier molecular flexibility index (Phi) is 3.87. The third kappa shape index (κ3) is 2.70. The first-order chi connectivity index (χ1) is 11.0. The van der Waals surface area contributed by atoms with Crippen molar-refractivity contribution in [1.82, 2.24) is 20.0 Å². The van der Waals surface area contributed by atoms with Gasteiger partial charge >= 0.3 is 5.97 Å². The Morgan fingerprint density at radius 3 is 2.87 bits per heavy atom. The van der Waals surface area contributed by atoms with E-state index in [1.54, 1.807) is 6.07 Å². The molecule has 2 aromatic heterocycles. The number of carboxylic acid groups (broad SMARTS) is 1. The summed E-state index contributed by atoms with van der Waals surface area (Å²) in [6.45, 7) is 0.705. The van der Waals surface area contributed by atoms with Crippen LogP contribution < -0.4 is 5.32 Å². The maximum absolute atomic E-state index is 12.8. The lowest BCUT2D eigenvalue weighted by molar-refractivity contribution is -0.127. The molecule has 0 spiro atoms. The third-order valence-corrected chi connectivity index (χ3v) is 4.53. The van der Waals surface area contributed by atoms with Gasteiger partial charge < -0.3 is 15.3 Å². The van der Waals surface area contributed by atoms with Crippen LogP contribution in [0.4, 0.5) is 0 Å². The maximum atomic E-state index is 12.8. The topological polar surface area (TPSA) is 105 Å². The van der Waals surface area contributed by atoms with E-state index in [0.29, 0.717) is 13.1 Å². The molecule has 0 aliphatic carbocycles. The van der Waals surface area contributed by atoms with Gasteiger partial charge in [-0.3, -0.25) is 14.3 Å². The molecule has 2 aromatic rings. The zero-order chi connectivity index (χ0) is 16.6. The predicted molar refractivity (Wildman–Crippen MR) is 81.3 cm³/mol. The highest BCUT2D eigenvalue weighted by Crippen LogP contribution is 2.28. The van der Waals surface area contributed by atoms with Gasteiger partial charge in [-0.25, -0.2) is 4.79 Å². The lowest BCUT2D eigenvalue weighted by atomic mass is 10.1. The number of carboxylic acids is 1. The van der Waals surface area contributed by atoms with Gasteiger partial charge in [0.05, 0.1) is 0 Å². The molecular formula is C14H14N4O4S. The predicted octanol–water partition coefficient (Wildman–Crippen LogP) is 0.493. The standard InChI is InChI=1S/C14H14N4O4S/c1-17-9(7-8(16-17)14(21)22)13(20)18-5-4-15-12(19)11(18)10-3-2-6-23-10/h2-3,6-7,11H,4-5H2,1H3,(H,15,19)(H,21,22). The Bertz CT molecular complexity index is 768. The molecule has 1 aliphatic heterocycles. The number of piperazine rings is 1. The molecule has 0 bridgehead atoms. The second kappa shape index (κ2) is 5.84. The van der Waals surface area contributed by atoms with E-state index in [1.165, 1.54) is 34.0 Å². The van der Waals surface area contributed by atoms with E-state index in [9.17, 15) is 14.4 Å². The Hall–Kier alpha value is -2.68. The summed E-state index contributed by atoms with van der Waals surface area (Å²) in [5.41, 5.74) is -0.0661. The van der Waals surface area contributed by atoms with E-state index < -0.39 is 17.9 Å². The Labute approximate surface area is 135 Å². The van der Waals surface area contributed by atoms with Crippen LogP contribution in [0.5, 0.6) is 0 Å². The summed E-state index contributed by atoms with van der Waals surface area (Å²) in [5, 5.41) is 17.4. The molecule has 1 unspecified atom stereocenters. The molecule has 3 rings (SSSR count). The zero-order valence-electron chi connectivity index (χ0n) is 12.2. The van der Waals surface area contributed by atoms with Crippen LogP contribution in [-0.2, 0) is 11.8 Å². The van der Waals surface area contributed by atoms with E-state index >= 15 is 0 Å². The molecule has 120 valence electrons. The van der Waals surface area contributed by atoms with E-state index in [1.807, 2.05) is 11.4 Å². The molecule has 1 atom stereocenters. The summed E-state index contributed by atoms with van der Waals surface area (Å²) in [5.74, 6) is -1.86. The quantitative estimate of drug-likeness (QED) is 0.850. The molecule has 8 nitrogen and oxygen atoms in total. The summed E-state index contributed by atoms with van der Waals surface area (Å²) < 4.78 is 1.23. The normalized spacial score (nSPS) is 17.9. The molecule has 2 amide bonds. The number of rotatable bonds is 3. The van der Waals surface area contributed by atoms with Crippen molar-refractivity contribution in [3.63, 3.8) is 0 Å². The van der Waals surface area contributed by atoms with Gasteiger partial charge in [-0.15, -0.1) is 11.3 Å². The van der Waals surface area contributed by atoms with Crippen LogP contribution in [0.2, 0.25) is 0 Å². The van der Waals surface area contributed by atoms with Gasteiger partial charge in [0.2, 0.25) is 5.91 Å². The van der Waals surface area contributed by atoms with Crippen molar-refractivity contribution in [3.8, 4) is 0 Å². The molecule has 3 heterocycles. The number of thiophene rings is 1. The highest BCUT2D eigenvalue weighted by Gasteiger charge is 2.36. The Balaban J connectivity index is 1.96. The van der Waals surface area contributed by atoms with Crippen LogP contribution in [0.1, 0.15) is 31.9 Å². The lowest BCUT2D eigenvalue weighted by Gasteiger charge is -2.34. The van der Waals surface area contributed by atoms with Crippen molar-refractivity contribution in [2.24, 2.45) is 7.05 Å². The van der Waals surface area contributed by atoms with Crippen molar-refractivity contribution < 1.29 is 19.5 Å². The van der Waals surface area contributed by atoms with Crippen LogP contribution in [0.3, 0.4) is 0 Å². The fourth-order valence-electron chi connectivity index (χ4n) is 2.53. The van der Waals surface area contributed by atoms with Crippen LogP contribution >= 0.6 is 11.3 Å². The van der Waals surface area contributed by atoms with Crippen LogP contribution in [0.15, 0.2) is 23.6 Å². The Morgan fingerprint density at radius 1 is 1.48 bits per heavy atom. The molecule has 0 aromatic carbocycles. The molecule has 23 heavy (non-hydrogen) atoms. The summed E-state index contributed by atoms with van der Waals surface area (Å²) in [4.78, 5) is 38.2. The number of hydrogen-bond donors (Lipinski definition) is 2. The smallest absolute Gasteiger partial charge is 0.356 e. The monoisotopic (exact) mass is 334 g/mol. The number of aromatic nitrogens is 2. The van der Waals surface area contributed by atoms with Gasteiger partial charge in [0.1, 0.15) is 11.7 Å². The van der Waals surface area contributed by atoms with Gasteiger partial charge in [-0.2, -0.15) is 5.10 Å². The fraction of sp³-hybridized carbons (Fsp3) is 0.286. The number of aryl methyl sites for hydroxylation is 1. The minimum atomic E-state index is -1.20. The number of nitrogens with zero attached hydrogens (tertiary/aromatic N) is 3. The average Bonchev–Trinajstić information content (AvgIpc) is 3.15. The molecule has 0 saturated carbocycles. The number of aromatic carboxylic acids is 1. The molecule has 0 radical (unpaired) electrons. The zero-order valence-corrected chi connectivity index (χ0v) is 13.0. The summed E-state index contributed by atoms with van der Waals surface area (Å²) >= 11 is 1.39. The summed E-state index contributed by atoms with van der Waals surface area (Å²) in [7, 11) is 1.50. The number of hydrogen-bond acceptors (Lipinski definition) is 5. The second-order valence-electron chi connectivity index (χ2n) is 5.05. The van der Waals surface area contributed by atoms with E-state index in [0.717, 1.165) is 4.88 Å². The highest BCUT2D eigenvalue weighted by atomic mass is 32.1. The third-order valence-electron chi connectivity index (χ3n) is 3.60. The van der Waals surface area contributed by atoms with Gasteiger partial charge in [-0.05, 0) is 11.4 Å². The number of nitrogens with one attached hydrogen (secondary N) is 1. The fourth-order valence-corrected chi connectivity index (χ4v) is 3.37. The van der Waals surface area contributed by atoms with Gasteiger partial charge in [-0.1, -0.05) is 6.07 Å². The molecule has 1 fully saturated rings. The molecule has 1 saturated heterocycles. The largest absolute Gasteiger partial charge is 0.476 e. The van der Waals surface area contributed by atoms with Crippen molar-refractivity contribution in [1.29, 1.82) is 0 Å². The van der Waals surface area contributed by atoms with Gasteiger partial charge in [0, 0.05) is 31.1 Å². The molecule has 2 N–H and O–H groups in total. The minimum Gasteiger partial charge on any atom is -0.476 e. The summed E-state index contributed by atoms with van der Waals surface area (Å²) in [6.07, 6.45) is 0. The van der Waals surface area contributed by atoms with E-state index in [2.05, 4.69) is 10.4 Å². The van der Waals surface area contributed by atoms with Crippen LogP contribution in [0, 0.1) is 0 Å². The van der Waals surface area contributed by atoms with E-state index in [-0.39, 0.29) is 17.3 Å². The van der Waals surface area contributed by atoms with E-state index in [4.69, 9.17) is 5.11 Å². The van der Waals surface area contributed by atoms with Crippen LogP contribution in [0.25, 0.3) is 0 Å². The minimum absolute atomic E-state index is 0.138. The van der Waals surface area contributed by atoms with Crippen molar-refractivity contribution in [2.45, 2.75) is 6.04 Å². The first-order valence-electron chi connectivity index (χ1n) is 6.88. The van der Waals surface area contributed by atoms with Gasteiger partial charge in [0.15, 0.2) is 5.69 Å². The highest BCUT2D eigenvalue weighted by molar-refractivity contribution is 7.10. The van der Waals surface area contributed by atoms with Crippen molar-refractivity contribution in [3.05, 3.63) is 39.8 Å².